The van der Waals surface area contributed by atoms with Crippen molar-refractivity contribution in [2.24, 2.45) is 0 Å². The zero-order valence-corrected chi connectivity index (χ0v) is 11.5. The molecule has 0 unspecified atom stereocenters. The molecule has 2 fully saturated rings. The van der Waals surface area contributed by atoms with Crippen LogP contribution in [0.15, 0.2) is 11.6 Å². The molecule has 0 aromatic rings. The highest BCUT2D eigenvalue weighted by Gasteiger charge is 2.32. The molecule has 0 radical (unpaired) electrons. The third kappa shape index (κ3) is 3.58. The third-order valence-electron chi connectivity index (χ3n) is 3.97. The normalized spacial score (nSPS) is 24.7. The lowest BCUT2D eigenvalue weighted by atomic mass is 9.95. The molecule has 102 valence electrons. The van der Waals surface area contributed by atoms with Gasteiger partial charge < -0.3 is 4.84 Å². The van der Waals surface area contributed by atoms with E-state index >= 15 is 0 Å². The Hall–Kier alpha value is -0.830. The van der Waals surface area contributed by atoms with Crippen LogP contribution < -0.4 is 0 Å². The van der Waals surface area contributed by atoms with E-state index < -0.39 is 0 Å². The maximum atomic E-state index is 11.8. The van der Waals surface area contributed by atoms with Crippen LogP contribution in [0.5, 0.6) is 0 Å². The first-order valence-electron chi connectivity index (χ1n) is 7.49. The summed E-state index contributed by atoms with van der Waals surface area (Å²) in [5.74, 6) is -0.114. The van der Waals surface area contributed by atoms with Crippen LogP contribution in [0.25, 0.3) is 0 Å². The van der Waals surface area contributed by atoms with E-state index in [2.05, 4.69) is 13.0 Å². The number of hydrogen-bond acceptors (Lipinski definition) is 3. The van der Waals surface area contributed by atoms with Gasteiger partial charge in [-0.3, -0.25) is 0 Å². The van der Waals surface area contributed by atoms with Gasteiger partial charge in [-0.25, -0.2) is 4.79 Å². The minimum absolute atomic E-state index is 0.114. The Morgan fingerprint density at radius 2 is 2.06 bits per heavy atom. The molecule has 0 atom stereocenters. The molecule has 1 heterocycles. The van der Waals surface area contributed by atoms with E-state index in [1.807, 2.05) is 5.06 Å². The highest BCUT2D eigenvalue weighted by atomic mass is 16.7. The minimum atomic E-state index is -0.114. The lowest BCUT2D eigenvalue weighted by Crippen LogP contribution is -2.33. The van der Waals surface area contributed by atoms with Gasteiger partial charge in [0, 0.05) is 6.04 Å². The van der Waals surface area contributed by atoms with Crippen LogP contribution in [0, 0.1) is 0 Å². The first-order valence-corrected chi connectivity index (χ1v) is 7.49. The first-order chi connectivity index (χ1) is 8.81. The molecular weight excluding hydrogens is 226 g/mol. The molecule has 1 saturated heterocycles. The predicted octanol–water partition coefficient (Wildman–Crippen LogP) is 3.60. The Labute approximate surface area is 110 Å². The summed E-state index contributed by atoms with van der Waals surface area (Å²) < 4.78 is 0. The second-order valence-electron chi connectivity index (χ2n) is 5.47. The maximum Gasteiger partial charge on any atom is 0.354 e. The van der Waals surface area contributed by atoms with Gasteiger partial charge in [0.1, 0.15) is 0 Å². The molecule has 3 heteroatoms. The van der Waals surface area contributed by atoms with E-state index in [-0.39, 0.29) is 5.97 Å². The van der Waals surface area contributed by atoms with E-state index in [0.29, 0.717) is 12.6 Å². The number of rotatable bonds is 5. The maximum absolute atomic E-state index is 11.8. The number of carbonyl (C=O) groups excluding carboxylic acids is 1. The second kappa shape index (κ2) is 6.93. The summed E-state index contributed by atoms with van der Waals surface area (Å²) in [5.41, 5.74) is 0.872. The summed E-state index contributed by atoms with van der Waals surface area (Å²) >= 11 is 0. The van der Waals surface area contributed by atoms with Crippen molar-refractivity contribution < 1.29 is 9.63 Å². The van der Waals surface area contributed by atoms with E-state index in [1.165, 1.54) is 51.4 Å². The van der Waals surface area contributed by atoms with Crippen LogP contribution >= 0.6 is 0 Å². The molecule has 0 amide bonds. The number of carbonyl (C=O) groups is 1. The number of unbranched alkanes of at least 4 members (excludes halogenated alkanes) is 3. The summed E-state index contributed by atoms with van der Waals surface area (Å²) in [6, 6.07) is 0.462. The molecule has 18 heavy (non-hydrogen) atoms. The van der Waals surface area contributed by atoms with E-state index in [1.54, 1.807) is 0 Å². The number of hydrogen-bond donors (Lipinski definition) is 0. The van der Waals surface area contributed by atoms with Crippen LogP contribution in [-0.2, 0) is 9.63 Å². The van der Waals surface area contributed by atoms with Crippen molar-refractivity contribution in [3.63, 3.8) is 0 Å². The summed E-state index contributed by atoms with van der Waals surface area (Å²) in [5, 5.41) is 1.92. The Balaban J connectivity index is 1.82. The largest absolute Gasteiger partial charge is 0.363 e. The van der Waals surface area contributed by atoms with Gasteiger partial charge in [0.2, 0.25) is 0 Å². The molecule has 1 aliphatic heterocycles. The number of nitrogens with zero attached hydrogens (tertiary/aromatic N) is 1. The minimum Gasteiger partial charge on any atom is -0.363 e. The molecule has 0 N–H and O–H groups in total. The highest BCUT2D eigenvalue weighted by molar-refractivity contribution is 5.90. The second-order valence-corrected chi connectivity index (χ2v) is 5.47. The van der Waals surface area contributed by atoms with E-state index in [4.69, 9.17) is 4.84 Å². The topological polar surface area (TPSA) is 29.5 Å². The monoisotopic (exact) mass is 251 g/mol. The number of allylic oxidation sites excluding steroid dienone is 1. The molecule has 1 aliphatic carbocycles. The van der Waals surface area contributed by atoms with Crippen LogP contribution in [0.2, 0.25) is 0 Å². The van der Waals surface area contributed by atoms with Gasteiger partial charge >= 0.3 is 5.97 Å². The molecule has 1 saturated carbocycles. The van der Waals surface area contributed by atoms with Gasteiger partial charge in [0.15, 0.2) is 0 Å². The Morgan fingerprint density at radius 3 is 2.78 bits per heavy atom. The Morgan fingerprint density at radius 1 is 1.28 bits per heavy atom. The molecule has 3 nitrogen and oxygen atoms in total. The van der Waals surface area contributed by atoms with Crippen LogP contribution in [0.1, 0.15) is 64.7 Å². The van der Waals surface area contributed by atoms with Crippen molar-refractivity contribution in [1.82, 2.24) is 5.06 Å². The molecule has 0 spiro atoms. The SMILES string of the molecule is CCCCC/C=C1\CN(C2CCCCC2)OC1=O. The van der Waals surface area contributed by atoms with Crippen molar-refractivity contribution in [3.05, 3.63) is 11.6 Å². The van der Waals surface area contributed by atoms with Gasteiger partial charge in [-0.2, -0.15) is 0 Å². The average molecular weight is 251 g/mol. The molecule has 0 bridgehead atoms. The highest BCUT2D eigenvalue weighted by Crippen LogP contribution is 2.27. The number of hydroxylamine groups is 2. The van der Waals surface area contributed by atoms with Crippen molar-refractivity contribution in [3.8, 4) is 0 Å². The smallest absolute Gasteiger partial charge is 0.354 e. The Kier molecular flexibility index (Phi) is 5.24. The Bertz CT molecular complexity index is 306. The molecule has 2 aliphatic rings. The van der Waals surface area contributed by atoms with Gasteiger partial charge in [0.25, 0.3) is 0 Å². The quantitative estimate of drug-likeness (QED) is 0.552. The molecule has 0 aromatic carbocycles. The molecule has 0 aromatic heterocycles. The lowest BCUT2D eigenvalue weighted by Gasteiger charge is -2.27. The molecule has 2 rings (SSSR count). The van der Waals surface area contributed by atoms with Gasteiger partial charge in [-0.1, -0.05) is 45.1 Å². The third-order valence-corrected chi connectivity index (χ3v) is 3.97. The van der Waals surface area contributed by atoms with Crippen molar-refractivity contribution in [2.45, 2.75) is 70.8 Å². The van der Waals surface area contributed by atoms with Crippen LogP contribution in [-0.4, -0.2) is 23.6 Å². The fourth-order valence-electron chi connectivity index (χ4n) is 2.82. The standard InChI is InChI=1S/C15H25NO2/c1-2-3-4-6-9-13-12-16(18-15(13)17)14-10-7-5-8-11-14/h9,14H,2-8,10-12H2,1H3/b13-9+. The average Bonchev–Trinajstić information content (AvgIpc) is 2.77. The van der Waals surface area contributed by atoms with Gasteiger partial charge in [-0.15, -0.1) is 5.06 Å². The van der Waals surface area contributed by atoms with Crippen molar-refractivity contribution in [1.29, 1.82) is 0 Å². The van der Waals surface area contributed by atoms with Gasteiger partial charge in [-0.05, 0) is 25.7 Å². The fraction of sp³-hybridized carbons (Fsp3) is 0.800. The first kappa shape index (κ1) is 13.6. The summed E-state index contributed by atoms with van der Waals surface area (Å²) in [6.45, 7) is 2.90. The summed E-state index contributed by atoms with van der Waals surface area (Å²) in [6.07, 6.45) is 13.0. The fourth-order valence-corrected chi connectivity index (χ4v) is 2.82. The van der Waals surface area contributed by atoms with Crippen molar-refractivity contribution in [2.75, 3.05) is 6.54 Å². The van der Waals surface area contributed by atoms with Crippen LogP contribution in [0.4, 0.5) is 0 Å². The lowest BCUT2D eigenvalue weighted by molar-refractivity contribution is -0.181. The van der Waals surface area contributed by atoms with E-state index in [9.17, 15) is 4.79 Å². The van der Waals surface area contributed by atoms with E-state index in [0.717, 1.165) is 12.0 Å². The molecular formula is C15H25NO2. The van der Waals surface area contributed by atoms with Gasteiger partial charge in [0.05, 0.1) is 12.1 Å². The van der Waals surface area contributed by atoms with Crippen molar-refractivity contribution >= 4 is 5.97 Å². The predicted molar refractivity (Wildman–Crippen MR) is 71.9 cm³/mol. The zero-order valence-electron chi connectivity index (χ0n) is 11.5. The van der Waals surface area contributed by atoms with Crippen LogP contribution in [0.3, 0.4) is 0 Å². The summed E-state index contributed by atoms with van der Waals surface area (Å²) in [4.78, 5) is 17.2. The zero-order chi connectivity index (χ0) is 12.8. The summed E-state index contributed by atoms with van der Waals surface area (Å²) in [7, 11) is 0.